The van der Waals surface area contributed by atoms with Gasteiger partial charge in [0.05, 0.1) is 20.1 Å². The fourth-order valence-electron chi connectivity index (χ4n) is 5.58. The van der Waals surface area contributed by atoms with Gasteiger partial charge in [0.2, 0.25) is 17.1 Å². The largest absolute Gasteiger partial charge is 0.504 e. The zero-order chi connectivity index (χ0) is 30.7. The van der Waals surface area contributed by atoms with Crippen LogP contribution in [0, 0.1) is 13.8 Å². The molecule has 0 bridgehead atoms. The Balaban J connectivity index is 1.49. The molecular weight excluding hydrogens is 548 g/mol. The van der Waals surface area contributed by atoms with Crippen LogP contribution in [0.3, 0.4) is 0 Å². The molecule has 2 heterocycles. The molecule has 0 aliphatic rings. The number of phenols is 1. The van der Waals surface area contributed by atoms with E-state index in [0.29, 0.717) is 11.3 Å². The average molecular weight is 583 g/mol. The second kappa shape index (κ2) is 12.4. The normalized spacial score (nSPS) is 12.6. The molecule has 5 rings (SSSR count). The molecule has 0 aliphatic carbocycles. The first kappa shape index (κ1) is 29.3. The number of amides is 1. The molecular formula is C34H34N2O7. The van der Waals surface area contributed by atoms with Crippen molar-refractivity contribution in [2.45, 2.75) is 32.1 Å². The Morgan fingerprint density at radius 3 is 2.37 bits per heavy atom. The lowest BCUT2D eigenvalue weighted by atomic mass is 9.88. The van der Waals surface area contributed by atoms with Gasteiger partial charge in [0.15, 0.2) is 17.3 Å². The number of rotatable bonds is 10. The standard InChI is InChI=1S/C34H34N2O7/c1-19-15-29(38)33(40)34(43-19)25(22-11-14-28(37)30(16-22)42-4)17-31(39)35-18-26(21-9-12-23(41-3)13-10-21)32-20(2)36-27-8-6-5-7-24(27)32/h5-16,25-26,36-37,40H,17-18H2,1-4H3,(H,35,39)/t25-,26+/m1/s1. The number of methoxy groups -OCH3 is 2. The third kappa shape index (κ3) is 6.06. The number of benzene rings is 3. The fourth-order valence-corrected chi connectivity index (χ4v) is 5.58. The van der Waals surface area contributed by atoms with Crippen LogP contribution in [0.1, 0.15) is 52.2 Å². The summed E-state index contributed by atoms with van der Waals surface area (Å²) in [7, 11) is 3.03. The number of ether oxygens (including phenoxy) is 2. The molecule has 9 heteroatoms. The summed E-state index contributed by atoms with van der Waals surface area (Å²) in [6.07, 6.45) is -0.143. The number of carbonyl (C=O) groups excluding carboxylic acids is 1. The van der Waals surface area contributed by atoms with E-state index >= 15 is 0 Å². The van der Waals surface area contributed by atoms with Crippen molar-refractivity contribution in [1.82, 2.24) is 10.3 Å². The third-order valence-corrected chi connectivity index (χ3v) is 7.70. The van der Waals surface area contributed by atoms with Crippen molar-refractivity contribution in [2.24, 2.45) is 0 Å². The highest BCUT2D eigenvalue weighted by Crippen LogP contribution is 2.38. The monoisotopic (exact) mass is 582 g/mol. The van der Waals surface area contributed by atoms with Gasteiger partial charge in [0, 0.05) is 41.5 Å². The highest BCUT2D eigenvalue weighted by atomic mass is 16.5. The van der Waals surface area contributed by atoms with Crippen LogP contribution < -0.4 is 20.2 Å². The molecule has 0 aliphatic heterocycles. The second-order valence-corrected chi connectivity index (χ2v) is 10.5. The van der Waals surface area contributed by atoms with Crippen LogP contribution in [0.4, 0.5) is 0 Å². The zero-order valence-corrected chi connectivity index (χ0v) is 24.4. The molecule has 9 nitrogen and oxygen atoms in total. The maximum atomic E-state index is 13.6. The van der Waals surface area contributed by atoms with Gasteiger partial charge in [-0.1, -0.05) is 36.4 Å². The van der Waals surface area contributed by atoms with Gasteiger partial charge in [-0.25, -0.2) is 0 Å². The molecule has 0 unspecified atom stereocenters. The van der Waals surface area contributed by atoms with Crippen LogP contribution in [-0.4, -0.2) is 41.9 Å². The van der Waals surface area contributed by atoms with Gasteiger partial charge in [-0.15, -0.1) is 0 Å². The quantitative estimate of drug-likeness (QED) is 0.168. The number of hydrogen-bond donors (Lipinski definition) is 4. The Hall–Kier alpha value is -5.18. The van der Waals surface area contributed by atoms with Crippen molar-refractivity contribution in [2.75, 3.05) is 20.8 Å². The fraction of sp³-hybridized carbons (Fsp3) is 0.235. The van der Waals surface area contributed by atoms with Gasteiger partial charge in [-0.05, 0) is 60.9 Å². The first-order valence-corrected chi connectivity index (χ1v) is 13.9. The Morgan fingerprint density at radius 1 is 0.930 bits per heavy atom. The number of aromatic hydroxyl groups is 2. The number of carbonyl (C=O) groups is 1. The first-order chi connectivity index (χ1) is 20.7. The lowest BCUT2D eigenvalue weighted by Crippen LogP contribution is -2.30. The van der Waals surface area contributed by atoms with Crippen molar-refractivity contribution in [3.05, 3.63) is 117 Å². The molecule has 43 heavy (non-hydrogen) atoms. The number of aromatic nitrogens is 1. The maximum Gasteiger partial charge on any atom is 0.227 e. The van der Waals surface area contributed by atoms with Gasteiger partial charge in [-0.2, -0.15) is 0 Å². The van der Waals surface area contributed by atoms with Gasteiger partial charge >= 0.3 is 0 Å². The summed E-state index contributed by atoms with van der Waals surface area (Å²) >= 11 is 0. The number of hydrogen-bond acceptors (Lipinski definition) is 7. The Kier molecular flexibility index (Phi) is 8.43. The second-order valence-electron chi connectivity index (χ2n) is 10.5. The SMILES string of the molecule is COc1ccc([C@H](CNC(=O)C[C@H](c2ccc(O)c(OC)c2)c2oc(C)cc(=O)c2O)c2c(C)[nH]c3ccccc23)cc1. The van der Waals surface area contributed by atoms with Crippen LogP contribution in [0.25, 0.3) is 10.9 Å². The Labute approximate surface area is 248 Å². The highest BCUT2D eigenvalue weighted by molar-refractivity contribution is 5.86. The Morgan fingerprint density at radius 2 is 1.65 bits per heavy atom. The van der Waals surface area contributed by atoms with E-state index in [4.69, 9.17) is 13.9 Å². The maximum absolute atomic E-state index is 13.6. The van der Waals surface area contributed by atoms with Gasteiger partial charge < -0.3 is 34.4 Å². The predicted octanol–water partition coefficient (Wildman–Crippen LogP) is 5.64. The van der Waals surface area contributed by atoms with E-state index in [1.807, 2.05) is 49.4 Å². The molecule has 0 fully saturated rings. The van der Waals surface area contributed by atoms with Crippen LogP contribution in [0.5, 0.6) is 23.0 Å². The van der Waals surface area contributed by atoms with E-state index in [2.05, 4.69) is 16.4 Å². The summed E-state index contributed by atoms with van der Waals surface area (Å²) in [4.78, 5) is 29.6. The topological polar surface area (TPSA) is 134 Å². The number of aryl methyl sites for hydroxylation is 2. The number of para-hydroxylation sites is 1. The van der Waals surface area contributed by atoms with E-state index in [-0.39, 0.29) is 42.0 Å². The molecule has 1 amide bonds. The number of fused-ring (bicyclic) bond motifs is 1. The smallest absolute Gasteiger partial charge is 0.227 e. The summed E-state index contributed by atoms with van der Waals surface area (Å²) in [6.45, 7) is 3.90. The van der Waals surface area contributed by atoms with Crippen LogP contribution in [0.15, 0.2) is 82.0 Å². The van der Waals surface area contributed by atoms with Crippen molar-refractivity contribution >= 4 is 16.8 Å². The molecule has 2 atom stereocenters. The average Bonchev–Trinajstić information content (AvgIpc) is 3.34. The van der Waals surface area contributed by atoms with Crippen molar-refractivity contribution in [3.63, 3.8) is 0 Å². The molecule has 4 N–H and O–H groups in total. The van der Waals surface area contributed by atoms with E-state index in [1.165, 1.54) is 19.2 Å². The van der Waals surface area contributed by atoms with Gasteiger partial charge in [0.1, 0.15) is 11.5 Å². The summed E-state index contributed by atoms with van der Waals surface area (Å²) in [5.74, 6) is -0.825. The molecule has 0 radical (unpaired) electrons. The molecule has 0 saturated carbocycles. The van der Waals surface area contributed by atoms with Crippen LogP contribution in [0.2, 0.25) is 0 Å². The summed E-state index contributed by atoms with van der Waals surface area (Å²) in [6, 6.07) is 21.6. The number of phenolic OH excluding ortho intramolecular Hbond substituents is 1. The van der Waals surface area contributed by atoms with E-state index in [1.54, 1.807) is 26.2 Å². The van der Waals surface area contributed by atoms with Crippen molar-refractivity contribution in [3.8, 4) is 23.0 Å². The predicted molar refractivity (Wildman–Crippen MR) is 163 cm³/mol. The summed E-state index contributed by atoms with van der Waals surface area (Å²) in [5, 5.41) is 25.0. The van der Waals surface area contributed by atoms with E-state index in [0.717, 1.165) is 33.5 Å². The summed E-state index contributed by atoms with van der Waals surface area (Å²) in [5.41, 5.74) is 3.99. The number of H-pyrrole nitrogens is 1. The molecule has 0 saturated heterocycles. The van der Waals surface area contributed by atoms with E-state index < -0.39 is 17.1 Å². The molecule has 222 valence electrons. The first-order valence-electron chi connectivity index (χ1n) is 13.9. The minimum absolute atomic E-state index is 0.0351. The lowest BCUT2D eigenvalue weighted by molar-refractivity contribution is -0.121. The van der Waals surface area contributed by atoms with Crippen LogP contribution in [-0.2, 0) is 4.79 Å². The van der Waals surface area contributed by atoms with E-state index in [9.17, 15) is 19.8 Å². The molecule has 0 spiro atoms. The Bertz CT molecular complexity index is 1820. The third-order valence-electron chi connectivity index (χ3n) is 7.70. The summed E-state index contributed by atoms with van der Waals surface area (Å²) < 4.78 is 16.4. The minimum atomic E-state index is -0.837. The minimum Gasteiger partial charge on any atom is -0.504 e. The lowest BCUT2D eigenvalue weighted by Gasteiger charge is -2.22. The molecule has 5 aromatic rings. The van der Waals surface area contributed by atoms with Crippen molar-refractivity contribution in [1.29, 1.82) is 0 Å². The van der Waals surface area contributed by atoms with Crippen LogP contribution >= 0.6 is 0 Å². The molecule has 2 aromatic heterocycles. The van der Waals surface area contributed by atoms with Gasteiger partial charge in [0.25, 0.3) is 0 Å². The highest BCUT2D eigenvalue weighted by Gasteiger charge is 2.28. The van der Waals surface area contributed by atoms with Gasteiger partial charge in [-0.3, -0.25) is 9.59 Å². The zero-order valence-electron chi connectivity index (χ0n) is 24.4. The number of aromatic amines is 1. The number of nitrogens with one attached hydrogen (secondary N) is 2. The molecule has 3 aromatic carbocycles. The van der Waals surface area contributed by atoms with Crippen molar-refractivity contribution < 1.29 is 28.9 Å².